The maximum atomic E-state index is 12.2. The van der Waals surface area contributed by atoms with E-state index in [1.807, 2.05) is 6.92 Å². The van der Waals surface area contributed by atoms with Crippen molar-refractivity contribution in [3.63, 3.8) is 0 Å². The Balaban J connectivity index is 2.16. The van der Waals surface area contributed by atoms with Crippen molar-refractivity contribution in [3.8, 4) is 0 Å². The Morgan fingerprint density at radius 1 is 1.14 bits per heavy atom. The fraction of sp³-hybridized carbons (Fsp3) is 0.250. The molecule has 0 bridgehead atoms. The highest BCUT2D eigenvalue weighted by molar-refractivity contribution is 6.20. The van der Waals surface area contributed by atoms with E-state index in [2.05, 4.69) is 5.32 Å². The number of nitrogen functional groups attached to an aromatic ring is 1. The minimum Gasteiger partial charge on any atom is -0.399 e. The molecule has 0 unspecified atom stereocenters. The van der Waals surface area contributed by atoms with Crippen LogP contribution in [-0.2, 0) is 9.59 Å². The summed E-state index contributed by atoms with van der Waals surface area (Å²) in [7, 11) is 0. The molecular weight excluding hydrogens is 282 g/mol. The third kappa shape index (κ3) is 3.53. The lowest BCUT2D eigenvalue weighted by Gasteiger charge is -2.25. The van der Waals surface area contributed by atoms with Gasteiger partial charge in [-0.1, -0.05) is 0 Å². The van der Waals surface area contributed by atoms with Crippen LogP contribution in [0.25, 0.3) is 0 Å². The van der Waals surface area contributed by atoms with E-state index in [1.54, 1.807) is 29.2 Å². The van der Waals surface area contributed by atoms with E-state index in [0.29, 0.717) is 30.2 Å². The number of carbonyl (C=O) groups is 2. The van der Waals surface area contributed by atoms with Gasteiger partial charge >= 0.3 is 0 Å². The van der Waals surface area contributed by atoms with Crippen molar-refractivity contribution in [3.05, 3.63) is 47.8 Å². The SMILES string of the molecule is CCN(CCO)C1=CC(=O)C(Nc2ccc(N)cc2)=CC1=O. The molecule has 6 heteroatoms. The number of nitrogens with two attached hydrogens (primary N) is 1. The van der Waals surface area contributed by atoms with Gasteiger partial charge in [0, 0.05) is 36.6 Å². The van der Waals surface area contributed by atoms with E-state index < -0.39 is 0 Å². The van der Waals surface area contributed by atoms with Crippen molar-refractivity contribution in [2.45, 2.75) is 6.92 Å². The minimum absolute atomic E-state index is 0.0765. The van der Waals surface area contributed by atoms with Gasteiger partial charge in [0.1, 0.15) is 0 Å². The molecule has 0 fully saturated rings. The van der Waals surface area contributed by atoms with Crippen molar-refractivity contribution in [1.29, 1.82) is 0 Å². The molecule has 0 aliphatic heterocycles. The Morgan fingerprint density at radius 3 is 2.41 bits per heavy atom. The summed E-state index contributed by atoms with van der Waals surface area (Å²) < 4.78 is 0. The third-order valence-electron chi connectivity index (χ3n) is 3.34. The molecule has 22 heavy (non-hydrogen) atoms. The molecule has 0 amide bonds. The highest BCUT2D eigenvalue weighted by Gasteiger charge is 2.23. The number of hydrogen-bond acceptors (Lipinski definition) is 6. The van der Waals surface area contributed by atoms with Crippen LogP contribution in [0.3, 0.4) is 0 Å². The minimum atomic E-state index is -0.275. The molecule has 2 rings (SSSR count). The van der Waals surface area contributed by atoms with Gasteiger partial charge in [-0.2, -0.15) is 0 Å². The highest BCUT2D eigenvalue weighted by atomic mass is 16.3. The summed E-state index contributed by atoms with van der Waals surface area (Å²) in [6, 6.07) is 6.88. The van der Waals surface area contributed by atoms with Crippen LogP contribution in [0.4, 0.5) is 11.4 Å². The molecule has 6 nitrogen and oxygen atoms in total. The number of allylic oxidation sites excluding steroid dienone is 2. The number of nitrogens with one attached hydrogen (secondary N) is 1. The summed E-state index contributed by atoms with van der Waals surface area (Å²) in [6.45, 7) is 2.64. The first-order valence-corrected chi connectivity index (χ1v) is 7.05. The van der Waals surface area contributed by atoms with E-state index in [9.17, 15) is 9.59 Å². The van der Waals surface area contributed by atoms with Crippen molar-refractivity contribution >= 4 is 22.9 Å². The summed E-state index contributed by atoms with van der Waals surface area (Å²) in [4.78, 5) is 26.0. The van der Waals surface area contributed by atoms with Gasteiger partial charge in [0.2, 0.25) is 11.6 Å². The molecule has 0 atom stereocenters. The number of carbonyl (C=O) groups excluding carboxylic acids is 2. The number of benzene rings is 1. The van der Waals surface area contributed by atoms with Gasteiger partial charge in [-0.25, -0.2) is 0 Å². The van der Waals surface area contributed by atoms with Crippen LogP contribution in [0.15, 0.2) is 47.8 Å². The van der Waals surface area contributed by atoms with E-state index in [0.717, 1.165) is 0 Å². The van der Waals surface area contributed by atoms with Gasteiger partial charge in [0.15, 0.2) is 0 Å². The lowest BCUT2D eigenvalue weighted by molar-refractivity contribution is -0.116. The van der Waals surface area contributed by atoms with Gasteiger partial charge < -0.3 is 21.1 Å². The Morgan fingerprint density at radius 2 is 1.82 bits per heavy atom. The Bertz CT molecular complexity index is 633. The average molecular weight is 301 g/mol. The molecule has 116 valence electrons. The molecule has 1 aromatic rings. The van der Waals surface area contributed by atoms with E-state index in [4.69, 9.17) is 10.8 Å². The molecular formula is C16H19N3O3. The summed E-state index contributed by atoms with van der Waals surface area (Å²) in [5, 5.41) is 11.9. The summed E-state index contributed by atoms with van der Waals surface area (Å²) >= 11 is 0. The molecule has 0 radical (unpaired) electrons. The van der Waals surface area contributed by atoms with Crippen LogP contribution in [0.5, 0.6) is 0 Å². The zero-order valence-electron chi connectivity index (χ0n) is 12.4. The Hall–Kier alpha value is -2.60. The topological polar surface area (TPSA) is 95.7 Å². The van der Waals surface area contributed by atoms with Crippen LogP contribution >= 0.6 is 0 Å². The molecule has 0 spiro atoms. The molecule has 0 heterocycles. The second-order valence-corrected chi connectivity index (χ2v) is 4.87. The third-order valence-corrected chi connectivity index (χ3v) is 3.34. The van der Waals surface area contributed by atoms with E-state index in [1.165, 1.54) is 12.2 Å². The monoisotopic (exact) mass is 301 g/mol. The summed E-state index contributed by atoms with van der Waals surface area (Å²) in [5.41, 5.74) is 7.44. The molecule has 0 saturated carbocycles. The Labute approximate surface area is 128 Å². The largest absolute Gasteiger partial charge is 0.399 e. The van der Waals surface area contributed by atoms with Crippen LogP contribution < -0.4 is 11.1 Å². The highest BCUT2D eigenvalue weighted by Crippen LogP contribution is 2.19. The first-order chi connectivity index (χ1) is 10.5. The quantitative estimate of drug-likeness (QED) is 0.534. The van der Waals surface area contributed by atoms with Gasteiger partial charge in [-0.15, -0.1) is 0 Å². The van der Waals surface area contributed by atoms with E-state index in [-0.39, 0.29) is 23.9 Å². The van der Waals surface area contributed by atoms with Crippen LogP contribution in [0.2, 0.25) is 0 Å². The van der Waals surface area contributed by atoms with Gasteiger partial charge in [-0.3, -0.25) is 9.59 Å². The molecule has 0 saturated heterocycles. The molecule has 1 aliphatic rings. The molecule has 1 aliphatic carbocycles. The van der Waals surface area contributed by atoms with Crippen LogP contribution in [0.1, 0.15) is 6.92 Å². The van der Waals surface area contributed by atoms with Gasteiger partial charge in [0.25, 0.3) is 0 Å². The van der Waals surface area contributed by atoms with E-state index >= 15 is 0 Å². The van der Waals surface area contributed by atoms with Crippen LogP contribution in [0, 0.1) is 0 Å². The fourth-order valence-corrected chi connectivity index (χ4v) is 2.19. The molecule has 1 aromatic carbocycles. The number of nitrogens with zero attached hydrogens (tertiary/aromatic N) is 1. The number of ketones is 2. The number of anilines is 2. The first-order valence-electron chi connectivity index (χ1n) is 7.05. The van der Waals surface area contributed by atoms with Crippen LogP contribution in [-0.4, -0.2) is 41.3 Å². The second kappa shape index (κ2) is 6.91. The average Bonchev–Trinajstić information content (AvgIpc) is 2.50. The van der Waals surface area contributed by atoms with Crippen molar-refractivity contribution in [2.75, 3.05) is 30.7 Å². The van der Waals surface area contributed by atoms with Crippen molar-refractivity contribution in [2.24, 2.45) is 0 Å². The summed E-state index contributed by atoms with van der Waals surface area (Å²) in [5.74, 6) is -0.532. The fourth-order valence-electron chi connectivity index (χ4n) is 2.19. The number of likely N-dealkylation sites (N-methyl/N-ethyl adjacent to an activating group) is 1. The lowest BCUT2D eigenvalue weighted by atomic mass is 10.0. The number of aliphatic hydroxyl groups excluding tert-OH is 1. The molecule has 0 aromatic heterocycles. The number of aliphatic hydroxyl groups is 1. The maximum Gasteiger partial charge on any atom is 0.204 e. The molecule has 4 N–H and O–H groups in total. The number of rotatable bonds is 6. The van der Waals surface area contributed by atoms with Gasteiger partial charge in [0.05, 0.1) is 18.0 Å². The van der Waals surface area contributed by atoms with Crippen molar-refractivity contribution < 1.29 is 14.7 Å². The normalized spacial score (nSPS) is 14.5. The predicted molar refractivity (Wildman–Crippen MR) is 85.0 cm³/mol. The maximum absolute atomic E-state index is 12.2. The Kier molecular flexibility index (Phi) is 4.95. The standard InChI is InChI=1S/C16H19N3O3/c1-2-19(7-8-20)14-10-15(21)13(9-16(14)22)18-12-5-3-11(17)4-6-12/h3-6,9-10,18,20H,2,7-8,17H2,1H3. The zero-order chi connectivity index (χ0) is 16.1. The first kappa shape index (κ1) is 15.8. The smallest absolute Gasteiger partial charge is 0.204 e. The second-order valence-electron chi connectivity index (χ2n) is 4.87. The van der Waals surface area contributed by atoms with Crippen molar-refractivity contribution in [1.82, 2.24) is 4.90 Å². The summed E-state index contributed by atoms with van der Waals surface area (Å²) in [6.07, 6.45) is 2.59. The number of hydrogen-bond donors (Lipinski definition) is 3. The van der Waals surface area contributed by atoms with Gasteiger partial charge in [-0.05, 0) is 31.2 Å². The zero-order valence-corrected chi connectivity index (χ0v) is 12.4. The lowest BCUT2D eigenvalue weighted by Crippen LogP contribution is -2.33. The predicted octanol–water partition coefficient (Wildman–Crippen LogP) is 0.914.